The number of hydrogen-bond donors (Lipinski definition) is 1. The van der Waals surface area contributed by atoms with Gasteiger partial charge in [-0.3, -0.25) is 18.9 Å². The number of hydrogen-bond acceptors (Lipinski definition) is 12. The highest BCUT2D eigenvalue weighted by atomic mass is 32.2. The summed E-state index contributed by atoms with van der Waals surface area (Å²) in [5, 5.41) is 21.6. The maximum absolute atomic E-state index is 14.2. The molecular formula is C34H34N5O7PS2. The molecule has 1 heterocycles. The third-order valence-corrected chi connectivity index (χ3v) is 10.1. The van der Waals surface area contributed by atoms with Crippen LogP contribution in [0.5, 0.6) is 5.75 Å². The molecule has 0 saturated heterocycles. The Bertz CT molecular complexity index is 1970. The molecule has 0 spiro atoms. The van der Waals surface area contributed by atoms with Crippen molar-refractivity contribution in [2.24, 2.45) is 0 Å². The van der Waals surface area contributed by atoms with Crippen molar-refractivity contribution in [3.63, 3.8) is 0 Å². The zero-order valence-electron chi connectivity index (χ0n) is 27.2. The molecule has 254 valence electrons. The molecule has 0 fully saturated rings. The second kappa shape index (κ2) is 16.6. The molecule has 49 heavy (non-hydrogen) atoms. The van der Waals surface area contributed by atoms with Crippen molar-refractivity contribution in [3.05, 3.63) is 118 Å². The second-order valence-electron chi connectivity index (χ2n) is 10.8. The molecule has 4 aromatic rings. The molecule has 0 bridgehead atoms. The van der Waals surface area contributed by atoms with Crippen LogP contribution in [0.3, 0.4) is 0 Å². The average molecular weight is 720 g/mol. The number of nitrogens with zero attached hydrogens (tertiary/aromatic N) is 4. The first-order chi connectivity index (χ1) is 23.4. The maximum Gasteiger partial charge on any atom is 0.435 e. The van der Waals surface area contributed by atoms with Gasteiger partial charge in [-0.1, -0.05) is 91.5 Å². The van der Waals surface area contributed by atoms with Crippen molar-refractivity contribution in [3.8, 4) is 17.9 Å². The normalized spacial score (nSPS) is 12.0. The third kappa shape index (κ3) is 10.2. The van der Waals surface area contributed by atoms with Crippen LogP contribution in [0.1, 0.15) is 45.6 Å². The van der Waals surface area contributed by atoms with E-state index in [4.69, 9.17) is 13.2 Å². The number of aromatic nitrogens is 1. The summed E-state index contributed by atoms with van der Waals surface area (Å²) < 4.78 is 54.2. The Hall–Kier alpha value is -4.69. The molecule has 0 unspecified atom stereocenters. The standard InChI is InChI=1S/C34H34N5O7PS2/c1-5-28-29(20-35)32(39(2)3)37-34(30(28)21-36)48-31(26-16-18-27(19-17-26)46-49(4,42)43)33(40)38-47(41,44-22-24-12-8-6-9-13-24)45-23-25-14-10-7-11-15-25/h6-19,31H,5,22-23H2,1-4H3,(H,38,40,41)/t31-/m1/s1. The number of amides is 1. The molecule has 1 amide bonds. The third-order valence-electron chi connectivity index (χ3n) is 6.88. The van der Waals surface area contributed by atoms with E-state index in [1.54, 1.807) is 74.4 Å². The van der Waals surface area contributed by atoms with Crippen LogP contribution in [0.2, 0.25) is 0 Å². The van der Waals surface area contributed by atoms with Crippen molar-refractivity contribution in [2.75, 3.05) is 25.3 Å². The fourth-order valence-corrected chi connectivity index (χ4v) is 7.51. The summed E-state index contributed by atoms with van der Waals surface area (Å²) in [5.74, 6) is -0.485. The van der Waals surface area contributed by atoms with Gasteiger partial charge in [-0.05, 0) is 40.8 Å². The summed E-state index contributed by atoms with van der Waals surface area (Å²) in [6.07, 6.45) is 1.25. The Labute approximate surface area is 290 Å². The van der Waals surface area contributed by atoms with E-state index in [1.807, 2.05) is 12.1 Å². The van der Waals surface area contributed by atoms with Gasteiger partial charge in [0.2, 0.25) is 5.91 Å². The van der Waals surface area contributed by atoms with Gasteiger partial charge >= 0.3 is 17.9 Å². The molecule has 12 nitrogen and oxygen atoms in total. The predicted octanol–water partition coefficient (Wildman–Crippen LogP) is 6.28. The second-order valence-corrected chi connectivity index (χ2v) is 15.2. The maximum atomic E-state index is 14.2. The summed E-state index contributed by atoms with van der Waals surface area (Å²) in [5.41, 5.74) is 2.54. The van der Waals surface area contributed by atoms with E-state index in [0.717, 1.165) is 18.0 Å². The number of rotatable bonds is 15. The lowest BCUT2D eigenvalue weighted by molar-refractivity contribution is -0.119. The van der Waals surface area contributed by atoms with Gasteiger partial charge in [0, 0.05) is 14.1 Å². The number of anilines is 1. The molecule has 0 aliphatic rings. The van der Waals surface area contributed by atoms with Crippen LogP contribution < -0.4 is 14.2 Å². The van der Waals surface area contributed by atoms with E-state index in [9.17, 15) is 28.3 Å². The van der Waals surface area contributed by atoms with Gasteiger partial charge in [-0.25, -0.2) is 9.55 Å². The highest BCUT2D eigenvalue weighted by molar-refractivity contribution is 8.00. The Morgan fingerprint density at radius 2 is 1.45 bits per heavy atom. The van der Waals surface area contributed by atoms with Crippen molar-refractivity contribution in [2.45, 2.75) is 36.8 Å². The first kappa shape index (κ1) is 37.1. The highest BCUT2D eigenvalue weighted by Gasteiger charge is 2.34. The van der Waals surface area contributed by atoms with Gasteiger partial charge in [0.15, 0.2) is 0 Å². The molecule has 3 aromatic carbocycles. The average Bonchev–Trinajstić information content (AvgIpc) is 3.08. The number of thioether (sulfide) groups is 1. The van der Waals surface area contributed by atoms with E-state index >= 15 is 0 Å². The lowest BCUT2D eigenvalue weighted by Gasteiger charge is -2.24. The quantitative estimate of drug-likeness (QED) is 0.0829. The fraction of sp³-hybridized carbons (Fsp3) is 0.235. The molecule has 15 heteroatoms. The van der Waals surface area contributed by atoms with Crippen LogP contribution >= 0.6 is 19.5 Å². The molecule has 0 saturated carbocycles. The van der Waals surface area contributed by atoms with E-state index in [-0.39, 0.29) is 35.1 Å². The lowest BCUT2D eigenvalue weighted by Crippen LogP contribution is -2.27. The van der Waals surface area contributed by atoms with Gasteiger partial charge in [-0.2, -0.15) is 18.9 Å². The van der Waals surface area contributed by atoms with Gasteiger partial charge in [0.1, 0.15) is 34.0 Å². The van der Waals surface area contributed by atoms with E-state index in [1.165, 1.54) is 24.3 Å². The van der Waals surface area contributed by atoms with Crippen LogP contribution in [0.15, 0.2) is 90.0 Å². The summed E-state index contributed by atoms with van der Waals surface area (Å²) in [7, 11) is -4.76. The first-order valence-electron chi connectivity index (χ1n) is 14.9. The predicted molar refractivity (Wildman–Crippen MR) is 186 cm³/mol. The zero-order chi connectivity index (χ0) is 35.6. The molecule has 1 N–H and O–H groups in total. The van der Waals surface area contributed by atoms with Gasteiger partial charge in [0.25, 0.3) is 0 Å². The summed E-state index contributed by atoms with van der Waals surface area (Å²) in [6, 6.07) is 27.9. The zero-order valence-corrected chi connectivity index (χ0v) is 29.7. The van der Waals surface area contributed by atoms with Gasteiger partial charge in [-0.15, -0.1) is 0 Å². The number of nitriles is 2. The topological polar surface area (TPSA) is 172 Å². The van der Waals surface area contributed by atoms with Crippen LogP contribution in [0, 0.1) is 22.7 Å². The smallest absolute Gasteiger partial charge is 0.383 e. The minimum absolute atomic E-state index is 0.0100. The van der Waals surface area contributed by atoms with Crippen LogP contribution in [0.4, 0.5) is 5.82 Å². The van der Waals surface area contributed by atoms with Crippen molar-refractivity contribution >= 4 is 41.4 Å². The molecular weight excluding hydrogens is 686 g/mol. The van der Waals surface area contributed by atoms with Gasteiger partial charge < -0.3 is 9.08 Å². The Balaban J connectivity index is 1.77. The summed E-state index contributed by atoms with van der Waals surface area (Å²) in [4.78, 5) is 20.5. The molecule has 0 aliphatic heterocycles. The SMILES string of the molecule is CCc1c(C#N)c(S[C@@H](C(=O)NP(=O)(OCc2ccccc2)OCc2ccccc2)c2ccc(OS(C)(=O)=O)cc2)nc(N(C)C)c1C#N. The Morgan fingerprint density at radius 1 is 0.918 bits per heavy atom. The van der Waals surface area contributed by atoms with E-state index in [2.05, 4.69) is 22.2 Å². The fourth-order valence-electron chi connectivity index (χ4n) is 4.61. The molecule has 1 aromatic heterocycles. The molecule has 1 atom stereocenters. The molecule has 0 aliphatic carbocycles. The lowest BCUT2D eigenvalue weighted by atomic mass is 10.0. The van der Waals surface area contributed by atoms with Crippen molar-refractivity contribution < 1.29 is 31.0 Å². The number of pyridine rings is 1. The number of nitrogens with one attached hydrogen (secondary N) is 1. The highest BCUT2D eigenvalue weighted by Crippen LogP contribution is 2.48. The Morgan fingerprint density at radius 3 is 1.90 bits per heavy atom. The Kier molecular flexibility index (Phi) is 12.6. The van der Waals surface area contributed by atoms with Gasteiger partial charge in [0.05, 0.1) is 30.6 Å². The van der Waals surface area contributed by atoms with Crippen LogP contribution in [-0.4, -0.2) is 39.7 Å². The first-order valence-corrected chi connectivity index (χ1v) is 19.1. The minimum Gasteiger partial charge on any atom is -0.383 e. The minimum atomic E-state index is -4.35. The van der Waals surface area contributed by atoms with Crippen molar-refractivity contribution in [1.82, 2.24) is 10.1 Å². The molecule has 4 rings (SSSR count). The number of carbonyl (C=O) groups excluding carboxylic acids is 1. The summed E-state index contributed by atoms with van der Waals surface area (Å²) in [6.45, 7) is 1.54. The van der Waals surface area contributed by atoms with E-state index in [0.29, 0.717) is 34.5 Å². The molecule has 0 radical (unpaired) electrons. The van der Waals surface area contributed by atoms with Crippen LogP contribution in [-0.2, 0) is 48.2 Å². The number of carbonyl (C=O) groups is 1. The van der Waals surface area contributed by atoms with Crippen molar-refractivity contribution in [1.29, 1.82) is 10.5 Å². The number of benzene rings is 3. The van der Waals surface area contributed by atoms with Crippen LogP contribution in [0.25, 0.3) is 0 Å². The van der Waals surface area contributed by atoms with E-state index < -0.39 is 29.0 Å². The largest absolute Gasteiger partial charge is 0.435 e. The summed E-state index contributed by atoms with van der Waals surface area (Å²) >= 11 is 0.897. The monoisotopic (exact) mass is 719 g/mol.